The molecule has 0 saturated carbocycles. The van der Waals surface area contributed by atoms with Gasteiger partial charge >= 0.3 is 17.6 Å². The van der Waals surface area contributed by atoms with Gasteiger partial charge in [0.2, 0.25) is 5.52 Å². The number of carbonyl (C=O) groups is 1. The van der Waals surface area contributed by atoms with E-state index in [9.17, 15) is 15.2 Å². The van der Waals surface area contributed by atoms with Crippen molar-refractivity contribution in [2.75, 3.05) is 5.32 Å². The average molecular weight is 302 g/mol. The Balaban J connectivity index is 2.56. The van der Waals surface area contributed by atoms with Gasteiger partial charge in [0.1, 0.15) is 5.60 Å². The van der Waals surface area contributed by atoms with E-state index in [0.29, 0.717) is 9.46 Å². The van der Waals surface area contributed by atoms with Crippen molar-refractivity contribution in [2.45, 2.75) is 26.4 Å². The van der Waals surface area contributed by atoms with Crippen molar-refractivity contribution in [1.82, 2.24) is 0 Å². The van der Waals surface area contributed by atoms with Crippen molar-refractivity contribution < 1.29 is 19.0 Å². The predicted molar refractivity (Wildman–Crippen MR) is 76.4 cm³/mol. The third kappa shape index (κ3) is 2.83. The third-order valence-electron chi connectivity index (χ3n) is 2.68. The molecule has 1 N–H and O–H groups in total. The van der Waals surface area contributed by atoms with E-state index in [1.165, 1.54) is 12.1 Å². The van der Waals surface area contributed by atoms with Crippen LogP contribution in [0.3, 0.4) is 0 Å². The molecule has 0 aliphatic carbocycles. The Hall–Kier alpha value is -3.08. The molecule has 2 rings (SSSR count). The first kappa shape index (κ1) is 15.3. The minimum Gasteiger partial charge on any atom is -0.710 e. The molecule has 114 valence electrons. The smallest absolute Gasteiger partial charge is 0.505 e. The van der Waals surface area contributed by atoms with Gasteiger partial charge in [-0.05, 0) is 26.8 Å². The molecule has 0 spiro atoms. The average Bonchev–Trinajstić information content (AvgIpc) is 2.43. The highest BCUT2D eigenvalue weighted by Gasteiger charge is 2.30. The number of carbonyl (C=O) groups excluding carboxylic acids is 1. The predicted octanol–water partition coefficient (Wildman–Crippen LogP) is 1.33. The maximum atomic E-state index is 12.3. The minimum absolute atomic E-state index is 0.0301. The molecule has 0 bridgehead atoms. The number of hydrogen-bond acceptors (Lipinski definition) is 5. The van der Waals surface area contributed by atoms with E-state index >= 15 is 0 Å². The van der Waals surface area contributed by atoms with Crippen molar-refractivity contribution in [1.29, 1.82) is 5.26 Å². The van der Waals surface area contributed by atoms with Crippen LogP contribution in [0.15, 0.2) is 24.3 Å². The van der Waals surface area contributed by atoms with Gasteiger partial charge in [-0.15, -0.1) is 4.73 Å². The van der Waals surface area contributed by atoms with Crippen LogP contribution in [0.1, 0.15) is 26.5 Å². The van der Waals surface area contributed by atoms with Gasteiger partial charge in [-0.2, -0.15) is 15.4 Å². The van der Waals surface area contributed by atoms with Gasteiger partial charge in [0.15, 0.2) is 6.07 Å². The molecular weight excluding hydrogens is 288 g/mol. The molecule has 1 heterocycles. The number of nitriles is 1. The van der Waals surface area contributed by atoms with Crippen molar-refractivity contribution in [3.8, 4) is 6.07 Å². The summed E-state index contributed by atoms with van der Waals surface area (Å²) < 4.78 is 5.65. The van der Waals surface area contributed by atoms with Crippen LogP contribution < -0.4 is 14.8 Å². The zero-order valence-electron chi connectivity index (χ0n) is 12.3. The van der Waals surface area contributed by atoms with Crippen LogP contribution in [0.5, 0.6) is 0 Å². The number of anilines is 1. The normalized spacial score (nSPS) is 11.0. The monoisotopic (exact) mass is 302 g/mol. The molecule has 8 heteroatoms. The molecule has 2 aromatic rings. The number of ether oxygens (including phenoxy) is 1. The van der Waals surface area contributed by atoms with Crippen LogP contribution >= 0.6 is 0 Å². The van der Waals surface area contributed by atoms with E-state index in [4.69, 9.17) is 10.00 Å². The van der Waals surface area contributed by atoms with Crippen molar-refractivity contribution in [3.05, 3.63) is 40.4 Å². The fraction of sp³-hybridized carbons (Fsp3) is 0.286. The Morgan fingerprint density at radius 1 is 1.23 bits per heavy atom. The van der Waals surface area contributed by atoms with Gasteiger partial charge in [0.25, 0.3) is 5.52 Å². The van der Waals surface area contributed by atoms with E-state index in [1.54, 1.807) is 39.0 Å². The Kier molecular flexibility index (Phi) is 3.73. The maximum Gasteiger partial charge on any atom is 0.505 e. The molecule has 0 atom stereocenters. The quantitative estimate of drug-likeness (QED) is 0.630. The number of fused-ring (bicyclic) bond motifs is 1. The highest BCUT2D eigenvalue weighted by atomic mass is 16.6. The standard InChI is InChI=1S/C14H14N4O4/c1-14(2,3)22-13(19)16-12-11(8-15)17(20)9-6-4-5-7-10(9)18(12)21/h4-7H,1-3H3,(H,16,19). The van der Waals surface area contributed by atoms with Crippen molar-refractivity contribution in [3.63, 3.8) is 0 Å². The summed E-state index contributed by atoms with van der Waals surface area (Å²) in [6, 6.07) is 7.59. The second-order valence-electron chi connectivity index (χ2n) is 5.51. The van der Waals surface area contributed by atoms with Crippen LogP contribution in [-0.2, 0) is 4.74 Å². The second kappa shape index (κ2) is 5.37. The van der Waals surface area contributed by atoms with E-state index < -0.39 is 23.2 Å². The van der Waals surface area contributed by atoms with E-state index in [0.717, 1.165) is 0 Å². The van der Waals surface area contributed by atoms with Crippen LogP contribution in [0.25, 0.3) is 11.0 Å². The van der Waals surface area contributed by atoms with Crippen LogP contribution in [0.4, 0.5) is 10.6 Å². The maximum absolute atomic E-state index is 12.3. The summed E-state index contributed by atoms with van der Waals surface area (Å²) in [5.74, 6) is -0.467. The first-order valence-electron chi connectivity index (χ1n) is 6.42. The number of hydrogen-bond donors (Lipinski definition) is 1. The molecular formula is C14H14N4O4. The summed E-state index contributed by atoms with van der Waals surface area (Å²) in [5.41, 5.74) is -1.24. The number of nitrogens with one attached hydrogen (secondary N) is 1. The van der Waals surface area contributed by atoms with E-state index in [-0.39, 0.29) is 11.0 Å². The van der Waals surface area contributed by atoms with Gasteiger partial charge in [-0.25, -0.2) is 4.73 Å². The number of amides is 1. The number of rotatable bonds is 1. The van der Waals surface area contributed by atoms with Crippen LogP contribution in [0, 0.1) is 21.7 Å². The van der Waals surface area contributed by atoms with Gasteiger partial charge in [0.05, 0.1) is 0 Å². The highest BCUT2D eigenvalue weighted by Crippen LogP contribution is 2.14. The first-order valence-corrected chi connectivity index (χ1v) is 6.42. The zero-order valence-corrected chi connectivity index (χ0v) is 12.3. The molecule has 0 unspecified atom stereocenters. The molecule has 0 radical (unpaired) electrons. The van der Waals surface area contributed by atoms with E-state index in [1.807, 2.05) is 0 Å². The van der Waals surface area contributed by atoms with E-state index in [2.05, 4.69) is 5.32 Å². The summed E-state index contributed by atoms with van der Waals surface area (Å²) in [6.07, 6.45) is -0.927. The molecule has 1 aromatic carbocycles. The fourth-order valence-electron chi connectivity index (χ4n) is 1.85. The number of benzene rings is 1. The Bertz CT molecular complexity index is 790. The largest absolute Gasteiger partial charge is 0.710 e. The van der Waals surface area contributed by atoms with Crippen LogP contribution in [-0.4, -0.2) is 11.7 Å². The molecule has 0 aliphatic rings. The van der Waals surface area contributed by atoms with Crippen LogP contribution in [0.2, 0.25) is 0 Å². The van der Waals surface area contributed by atoms with Crippen molar-refractivity contribution >= 4 is 22.9 Å². The Morgan fingerprint density at radius 3 is 2.27 bits per heavy atom. The molecule has 0 saturated heterocycles. The highest BCUT2D eigenvalue weighted by molar-refractivity contribution is 5.84. The lowest BCUT2D eigenvalue weighted by Gasteiger charge is -2.18. The molecule has 1 amide bonds. The SMILES string of the molecule is CC(C)(C)OC(=O)Nc1c(C#N)[n+]([O-])c2ccccc2[n+]1[O-]. The fourth-order valence-corrected chi connectivity index (χ4v) is 1.85. The van der Waals surface area contributed by atoms with Gasteiger partial charge in [-0.3, -0.25) is 0 Å². The zero-order chi connectivity index (χ0) is 16.5. The number of nitrogens with zero attached hydrogens (tertiary/aromatic N) is 3. The van der Waals surface area contributed by atoms with Gasteiger partial charge < -0.3 is 15.2 Å². The Labute approximate surface area is 126 Å². The summed E-state index contributed by atoms with van der Waals surface area (Å²) in [5, 5.41) is 35.7. The summed E-state index contributed by atoms with van der Waals surface area (Å²) in [4.78, 5) is 11.8. The summed E-state index contributed by atoms with van der Waals surface area (Å²) in [6.45, 7) is 4.95. The molecule has 8 nitrogen and oxygen atoms in total. The summed E-state index contributed by atoms with van der Waals surface area (Å²) in [7, 11) is 0. The first-order chi connectivity index (χ1) is 10.2. The number of aromatic nitrogens is 2. The lowest BCUT2D eigenvalue weighted by molar-refractivity contribution is -0.620. The number of para-hydroxylation sites is 2. The lowest BCUT2D eigenvalue weighted by atomic mass is 10.2. The minimum atomic E-state index is -0.927. The summed E-state index contributed by atoms with van der Waals surface area (Å²) >= 11 is 0. The molecule has 0 fully saturated rings. The second-order valence-corrected chi connectivity index (χ2v) is 5.51. The van der Waals surface area contributed by atoms with Gasteiger partial charge in [0, 0.05) is 6.07 Å². The third-order valence-corrected chi connectivity index (χ3v) is 2.68. The molecule has 1 aromatic heterocycles. The molecule has 0 aliphatic heterocycles. The van der Waals surface area contributed by atoms with Crippen molar-refractivity contribution in [2.24, 2.45) is 0 Å². The lowest BCUT2D eigenvalue weighted by Crippen LogP contribution is -2.45. The van der Waals surface area contributed by atoms with Gasteiger partial charge in [-0.1, -0.05) is 12.1 Å². The topological polar surface area (TPSA) is 116 Å². The Morgan fingerprint density at radius 2 is 1.77 bits per heavy atom. The molecule has 22 heavy (non-hydrogen) atoms.